The Bertz CT molecular complexity index is 1100. The van der Waals surface area contributed by atoms with Crippen molar-refractivity contribution in [2.45, 2.75) is 32.6 Å². The molecular formula is C23H26N4O2S. The largest absolute Gasteiger partial charge is 0.436 e. The van der Waals surface area contributed by atoms with Gasteiger partial charge in [0, 0.05) is 42.9 Å². The van der Waals surface area contributed by atoms with E-state index in [0.717, 1.165) is 42.0 Å². The van der Waals surface area contributed by atoms with Crippen LogP contribution in [0.2, 0.25) is 0 Å². The smallest absolute Gasteiger partial charge is 0.253 e. The van der Waals surface area contributed by atoms with Crippen LogP contribution in [-0.4, -0.2) is 40.6 Å². The number of allylic oxidation sites excluding steroid dienone is 1. The molecule has 1 fully saturated rings. The third kappa shape index (κ3) is 3.94. The van der Waals surface area contributed by atoms with Crippen LogP contribution in [0.3, 0.4) is 0 Å². The van der Waals surface area contributed by atoms with Crippen molar-refractivity contribution in [3.05, 3.63) is 41.2 Å². The second kappa shape index (κ2) is 8.52. The van der Waals surface area contributed by atoms with Crippen molar-refractivity contribution < 1.29 is 9.21 Å². The predicted molar refractivity (Wildman–Crippen MR) is 121 cm³/mol. The third-order valence-corrected chi connectivity index (χ3v) is 6.55. The number of nitrogens with zero attached hydrogens (tertiary/aromatic N) is 3. The highest BCUT2D eigenvalue weighted by molar-refractivity contribution is 7.13. The molecule has 0 saturated heterocycles. The van der Waals surface area contributed by atoms with Gasteiger partial charge in [-0.3, -0.25) is 4.79 Å². The highest BCUT2D eigenvalue weighted by atomic mass is 32.1. The van der Waals surface area contributed by atoms with Crippen LogP contribution in [0, 0.1) is 17.2 Å². The number of oxazole rings is 1. The zero-order chi connectivity index (χ0) is 21.3. The van der Waals surface area contributed by atoms with E-state index < -0.39 is 0 Å². The molecular weight excluding hydrogens is 396 g/mol. The Morgan fingerprint density at radius 2 is 2.13 bits per heavy atom. The molecule has 1 amide bonds. The molecule has 1 aliphatic carbocycles. The SMILES string of the molecule is CCC1CCC(C/C=C/c2nc3cc(C(=O)N(C)C)cc(-c4nccs4)c3o2)C1=N. The van der Waals surface area contributed by atoms with Crippen molar-refractivity contribution in [3.8, 4) is 10.6 Å². The number of rotatable bonds is 6. The van der Waals surface area contributed by atoms with Crippen molar-refractivity contribution in [1.82, 2.24) is 14.9 Å². The summed E-state index contributed by atoms with van der Waals surface area (Å²) < 4.78 is 6.04. The lowest BCUT2D eigenvalue weighted by atomic mass is 9.97. The van der Waals surface area contributed by atoms with Gasteiger partial charge in [-0.1, -0.05) is 13.0 Å². The normalized spacial score (nSPS) is 19.2. The number of benzene rings is 1. The molecule has 0 spiro atoms. The van der Waals surface area contributed by atoms with E-state index in [9.17, 15) is 4.79 Å². The van der Waals surface area contributed by atoms with Crippen LogP contribution in [0.15, 0.2) is 34.2 Å². The van der Waals surface area contributed by atoms with Crippen LogP contribution in [0.25, 0.3) is 27.7 Å². The number of carbonyl (C=O) groups is 1. The minimum Gasteiger partial charge on any atom is -0.436 e. The maximum Gasteiger partial charge on any atom is 0.253 e. The molecule has 0 radical (unpaired) electrons. The lowest BCUT2D eigenvalue weighted by Crippen LogP contribution is -2.21. The zero-order valence-corrected chi connectivity index (χ0v) is 18.3. The number of fused-ring (bicyclic) bond motifs is 1. The van der Waals surface area contributed by atoms with E-state index in [2.05, 4.69) is 23.0 Å². The standard InChI is InChI=1S/C23H26N4O2S/c1-4-14-8-9-15(20(14)24)6-5-7-19-26-18-13-16(23(28)27(2)3)12-17(21(18)29-19)22-25-10-11-30-22/h5,7,10-15,24H,4,6,8-9H2,1-3H3/b7-5+,24-20?. The number of hydrogen-bond acceptors (Lipinski definition) is 6. The lowest BCUT2D eigenvalue weighted by Gasteiger charge is -2.10. The molecule has 0 bridgehead atoms. The highest BCUT2D eigenvalue weighted by Gasteiger charge is 2.28. The third-order valence-electron chi connectivity index (χ3n) is 5.74. The lowest BCUT2D eigenvalue weighted by molar-refractivity contribution is 0.0828. The number of thiazole rings is 1. The van der Waals surface area contributed by atoms with Gasteiger partial charge in [0.2, 0.25) is 5.89 Å². The van der Waals surface area contributed by atoms with Crippen LogP contribution >= 0.6 is 11.3 Å². The minimum atomic E-state index is -0.0833. The summed E-state index contributed by atoms with van der Waals surface area (Å²) in [5.74, 6) is 1.20. The molecule has 0 aliphatic heterocycles. The molecule has 1 aliphatic rings. The predicted octanol–water partition coefficient (Wildman–Crippen LogP) is 5.51. The van der Waals surface area contributed by atoms with Gasteiger partial charge in [0.1, 0.15) is 10.5 Å². The van der Waals surface area contributed by atoms with Crippen LogP contribution in [0.1, 0.15) is 48.9 Å². The van der Waals surface area contributed by atoms with Crippen LogP contribution in [0.4, 0.5) is 0 Å². The molecule has 1 N–H and O–H groups in total. The summed E-state index contributed by atoms with van der Waals surface area (Å²) in [6.45, 7) is 2.16. The Morgan fingerprint density at radius 1 is 1.33 bits per heavy atom. The van der Waals surface area contributed by atoms with E-state index >= 15 is 0 Å². The Morgan fingerprint density at radius 3 is 2.80 bits per heavy atom. The van der Waals surface area contributed by atoms with Gasteiger partial charge < -0.3 is 14.7 Å². The fraction of sp³-hybridized carbons (Fsp3) is 0.391. The average molecular weight is 423 g/mol. The van der Waals surface area contributed by atoms with Gasteiger partial charge in [0.25, 0.3) is 5.91 Å². The molecule has 6 nitrogen and oxygen atoms in total. The number of aromatic nitrogens is 2. The van der Waals surface area contributed by atoms with Crippen molar-refractivity contribution in [3.63, 3.8) is 0 Å². The second-order valence-corrected chi connectivity index (χ2v) is 8.83. The maximum atomic E-state index is 12.5. The first-order valence-corrected chi connectivity index (χ1v) is 11.2. The molecule has 4 rings (SSSR count). The van der Waals surface area contributed by atoms with E-state index in [1.165, 1.54) is 11.3 Å². The number of carbonyl (C=O) groups excluding carboxylic acids is 1. The van der Waals surface area contributed by atoms with Crippen molar-refractivity contribution in [2.75, 3.05) is 14.1 Å². The molecule has 3 aromatic rings. The minimum absolute atomic E-state index is 0.0833. The molecule has 2 heterocycles. The molecule has 156 valence electrons. The fourth-order valence-electron chi connectivity index (χ4n) is 4.07. The second-order valence-electron chi connectivity index (χ2n) is 7.93. The first-order valence-electron chi connectivity index (χ1n) is 10.3. The van der Waals surface area contributed by atoms with E-state index in [-0.39, 0.29) is 5.91 Å². The quantitative estimate of drug-likeness (QED) is 0.567. The summed E-state index contributed by atoms with van der Waals surface area (Å²) in [6, 6.07) is 3.60. The molecule has 2 aromatic heterocycles. The molecule has 2 atom stereocenters. The van der Waals surface area contributed by atoms with Crippen LogP contribution in [-0.2, 0) is 0 Å². The summed E-state index contributed by atoms with van der Waals surface area (Å²) in [5, 5.41) is 11.0. The molecule has 1 aromatic carbocycles. The molecule has 1 saturated carbocycles. The summed E-state index contributed by atoms with van der Waals surface area (Å²) in [5.41, 5.74) is 3.51. The van der Waals surface area contributed by atoms with Gasteiger partial charge in [-0.05, 0) is 49.8 Å². The first-order chi connectivity index (χ1) is 14.5. The monoisotopic (exact) mass is 422 g/mol. The Hall–Kier alpha value is -2.80. The van der Waals surface area contributed by atoms with Gasteiger partial charge in [0.15, 0.2) is 5.58 Å². The van der Waals surface area contributed by atoms with Crippen LogP contribution < -0.4 is 0 Å². The maximum absolute atomic E-state index is 12.5. The van der Waals surface area contributed by atoms with E-state index in [4.69, 9.17) is 9.83 Å². The van der Waals surface area contributed by atoms with E-state index in [1.54, 1.807) is 31.3 Å². The Balaban J connectivity index is 1.63. The zero-order valence-electron chi connectivity index (χ0n) is 17.5. The molecule has 2 unspecified atom stereocenters. The highest BCUT2D eigenvalue weighted by Crippen LogP contribution is 2.34. The van der Waals surface area contributed by atoms with Crippen molar-refractivity contribution >= 4 is 40.1 Å². The van der Waals surface area contributed by atoms with Gasteiger partial charge in [-0.25, -0.2) is 9.97 Å². The topological polar surface area (TPSA) is 83.1 Å². The molecule has 7 heteroatoms. The summed E-state index contributed by atoms with van der Waals surface area (Å²) in [4.78, 5) is 23.1. The van der Waals surface area contributed by atoms with Gasteiger partial charge >= 0.3 is 0 Å². The fourth-order valence-corrected chi connectivity index (χ4v) is 4.72. The molecule has 30 heavy (non-hydrogen) atoms. The Kier molecular flexibility index (Phi) is 5.81. The van der Waals surface area contributed by atoms with E-state index in [1.807, 2.05) is 17.5 Å². The van der Waals surface area contributed by atoms with Crippen LogP contribution in [0.5, 0.6) is 0 Å². The first kappa shape index (κ1) is 20.5. The summed E-state index contributed by atoms with van der Waals surface area (Å²) in [7, 11) is 3.46. The summed E-state index contributed by atoms with van der Waals surface area (Å²) >= 11 is 1.50. The average Bonchev–Trinajstić information content (AvgIpc) is 3.47. The Labute approximate surface area is 180 Å². The van der Waals surface area contributed by atoms with Gasteiger partial charge in [-0.15, -0.1) is 11.3 Å². The van der Waals surface area contributed by atoms with Gasteiger partial charge in [-0.2, -0.15) is 0 Å². The summed E-state index contributed by atoms with van der Waals surface area (Å²) in [6.07, 6.45) is 9.76. The van der Waals surface area contributed by atoms with Gasteiger partial charge in [0.05, 0.1) is 5.56 Å². The van der Waals surface area contributed by atoms with Crippen molar-refractivity contribution in [1.29, 1.82) is 5.41 Å². The number of hydrogen-bond donors (Lipinski definition) is 1. The number of amides is 1. The van der Waals surface area contributed by atoms with Crippen molar-refractivity contribution in [2.24, 2.45) is 11.8 Å². The number of nitrogens with one attached hydrogen (secondary N) is 1. The van der Waals surface area contributed by atoms with E-state index in [0.29, 0.717) is 34.4 Å².